The minimum atomic E-state index is -0.478. The highest BCUT2D eigenvalue weighted by Gasteiger charge is 2.23. The Morgan fingerprint density at radius 2 is 1.88 bits per heavy atom. The van der Waals surface area contributed by atoms with Crippen molar-refractivity contribution in [1.29, 1.82) is 5.26 Å². The molecule has 2 aromatic rings. The lowest BCUT2D eigenvalue weighted by molar-refractivity contribution is -0.117. The highest BCUT2D eigenvalue weighted by molar-refractivity contribution is 5.96. The van der Waals surface area contributed by atoms with Crippen LogP contribution in [0.5, 0.6) is 0 Å². The molecule has 8 heteroatoms. The number of nitrogens with zero attached hydrogens (tertiary/aromatic N) is 4. The van der Waals surface area contributed by atoms with Crippen molar-refractivity contribution in [2.24, 2.45) is 5.92 Å². The Labute approximate surface area is 245 Å². The highest BCUT2D eigenvalue weighted by Crippen LogP contribution is 2.23. The molecule has 0 radical (unpaired) electrons. The predicted octanol–water partition coefficient (Wildman–Crippen LogP) is 4.74. The normalized spacial score (nSPS) is 15.8. The second-order valence-corrected chi connectivity index (χ2v) is 10.5. The van der Waals surface area contributed by atoms with E-state index in [-0.39, 0.29) is 11.8 Å². The largest absolute Gasteiger partial charge is 0.370 e. The molecule has 2 aliphatic rings. The molecule has 8 nitrogen and oxygen atoms in total. The number of carbonyl (C=O) groups excluding carboxylic acids is 2. The van der Waals surface area contributed by atoms with Crippen LogP contribution in [0.1, 0.15) is 50.7 Å². The summed E-state index contributed by atoms with van der Waals surface area (Å²) in [5.74, 6) is 0.526. The molecule has 1 aliphatic heterocycles. The Morgan fingerprint density at radius 1 is 1.15 bits per heavy atom. The maximum Gasteiger partial charge on any atom is 0.247 e. The molecule has 1 atom stereocenters. The van der Waals surface area contributed by atoms with E-state index in [1.807, 2.05) is 42.5 Å². The average Bonchev–Trinajstić information content (AvgIpc) is 3.04. The van der Waals surface area contributed by atoms with Gasteiger partial charge >= 0.3 is 0 Å². The van der Waals surface area contributed by atoms with Crippen molar-refractivity contribution < 1.29 is 9.59 Å². The van der Waals surface area contributed by atoms with Crippen molar-refractivity contribution in [3.63, 3.8) is 0 Å². The van der Waals surface area contributed by atoms with Gasteiger partial charge in [-0.05, 0) is 87.6 Å². The summed E-state index contributed by atoms with van der Waals surface area (Å²) in [5, 5.41) is 15.3. The lowest BCUT2D eigenvalue weighted by Gasteiger charge is -2.31. The summed E-state index contributed by atoms with van der Waals surface area (Å²) in [5.41, 5.74) is 3.71. The number of benzene rings is 1. The van der Waals surface area contributed by atoms with Gasteiger partial charge in [0, 0.05) is 25.6 Å². The monoisotopic (exact) mass is 556 g/mol. The van der Waals surface area contributed by atoms with Gasteiger partial charge in [0.2, 0.25) is 5.91 Å². The minimum Gasteiger partial charge on any atom is -0.370 e. The van der Waals surface area contributed by atoms with Gasteiger partial charge in [0.15, 0.2) is 0 Å². The summed E-state index contributed by atoms with van der Waals surface area (Å²) in [6, 6.07) is 13.0. The number of hydrogen-bond donors (Lipinski definition) is 2. The summed E-state index contributed by atoms with van der Waals surface area (Å²) in [7, 11) is 2.11. The number of pyridine rings is 1. The van der Waals surface area contributed by atoms with Gasteiger partial charge in [-0.3, -0.25) is 4.79 Å². The number of nitriles is 1. The molecule has 1 aliphatic carbocycles. The van der Waals surface area contributed by atoms with Crippen LogP contribution in [-0.4, -0.2) is 67.9 Å². The number of aldehydes is 1. The van der Waals surface area contributed by atoms with Crippen LogP contribution in [0.25, 0.3) is 0 Å². The van der Waals surface area contributed by atoms with Crippen LogP contribution in [0.2, 0.25) is 0 Å². The van der Waals surface area contributed by atoms with E-state index in [0.29, 0.717) is 17.9 Å². The summed E-state index contributed by atoms with van der Waals surface area (Å²) in [4.78, 5) is 33.2. The quantitative estimate of drug-likeness (QED) is 0.386. The van der Waals surface area contributed by atoms with E-state index in [9.17, 15) is 9.59 Å². The number of aromatic nitrogens is 1. The molecule has 4 rings (SSSR count). The second-order valence-electron chi connectivity index (χ2n) is 10.5. The number of nitrogens with one attached hydrogen (secondary N) is 2. The van der Waals surface area contributed by atoms with Crippen molar-refractivity contribution in [2.45, 2.75) is 52.0 Å². The SMILES string of the molecule is CCN(C)CC.N#Cc1ccc(CCNC(C(=O)Nc2ccc(N3CCC(C=O)CC3)cn2)C2=CCCC=C2)cc1. The molecule has 218 valence electrons. The van der Waals surface area contributed by atoms with Gasteiger partial charge in [0.05, 0.1) is 23.5 Å². The van der Waals surface area contributed by atoms with Gasteiger partial charge in [-0.1, -0.05) is 44.2 Å². The van der Waals surface area contributed by atoms with Crippen LogP contribution in [0, 0.1) is 17.2 Å². The molecular weight excluding hydrogens is 512 g/mol. The first-order valence-electron chi connectivity index (χ1n) is 14.7. The van der Waals surface area contributed by atoms with Crippen molar-refractivity contribution in [3.8, 4) is 6.07 Å². The van der Waals surface area contributed by atoms with E-state index in [1.54, 1.807) is 6.20 Å². The van der Waals surface area contributed by atoms with E-state index >= 15 is 0 Å². The zero-order valence-electron chi connectivity index (χ0n) is 24.7. The predicted molar refractivity (Wildman–Crippen MR) is 166 cm³/mol. The third-order valence-corrected chi connectivity index (χ3v) is 7.64. The number of allylic oxidation sites excluding steroid dienone is 2. The lowest BCUT2D eigenvalue weighted by atomic mass is 9.98. The Balaban J connectivity index is 0.000000696. The third kappa shape index (κ3) is 10.3. The summed E-state index contributed by atoms with van der Waals surface area (Å²) in [6.45, 7) is 8.93. The van der Waals surface area contributed by atoms with Crippen LogP contribution >= 0.6 is 0 Å². The maximum atomic E-state index is 13.2. The Morgan fingerprint density at radius 3 is 2.41 bits per heavy atom. The zero-order valence-corrected chi connectivity index (χ0v) is 24.7. The number of anilines is 2. The molecule has 0 saturated carbocycles. The van der Waals surface area contributed by atoms with Gasteiger partial charge in [-0.15, -0.1) is 0 Å². The summed E-state index contributed by atoms with van der Waals surface area (Å²) >= 11 is 0. The van der Waals surface area contributed by atoms with E-state index in [4.69, 9.17) is 5.26 Å². The van der Waals surface area contributed by atoms with Crippen LogP contribution in [0.15, 0.2) is 66.4 Å². The fourth-order valence-electron chi connectivity index (χ4n) is 4.68. The number of piperidine rings is 1. The van der Waals surface area contributed by atoms with Crippen molar-refractivity contribution in [3.05, 3.63) is 77.5 Å². The van der Waals surface area contributed by atoms with E-state index in [1.165, 1.54) is 0 Å². The fourth-order valence-corrected chi connectivity index (χ4v) is 4.68. The molecule has 1 saturated heterocycles. The smallest absolute Gasteiger partial charge is 0.247 e. The first-order valence-corrected chi connectivity index (χ1v) is 14.7. The van der Waals surface area contributed by atoms with Crippen LogP contribution < -0.4 is 15.5 Å². The highest BCUT2D eigenvalue weighted by atomic mass is 16.2. The van der Waals surface area contributed by atoms with Crippen molar-refractivity contribution >= 4 is 23.7 Å². The minimum absolute atomic E-state index is 0.144. The topological polar surface area (TPSA) is 101 Å². The molecule has 2 heterocycles. The molecule has 1 aromatic heterocycles. The zero-order chi connectivity index (χ0) is 29.5. The molecule has 0 bridgehead atoms. The molecule has 1 amide bonds. The first-order chi connectivity index (χ1) is 20.0. The molecular formula is C33H44N6O2. The molecule has 0 spiro atoms. The number of amides is 1. The molecule has 2 N–H and O–H groups in total. The van der Waals surface area contributed by atoms with Gasteiger partial charge in [0.1, 0.15) is 18.1 Å². The van der Waals surface area contributed by atoms with Crippen molar-refractivity contribution in [1.82, 2.24) is 15.2 Å². The third-order valence-electron chi connectivity index (χ3n) is 7.64. The van der Waals surface area contributed by atoms with Crippen molar-refractivity contribution in [2.75, 3.05) is 50.0 Å². The van der Waals surface area contributed by atoms with E-state index in [2.05, 4.69) is 64.5 Å². The van der Waals surface area contributed by atoms with E-state index in [0.717, 1.165) is 81.4 Å². The summed E-state index contributed by atoms with van der Waals surface area (Å²) < 4.78 is 0. The second kappa shape index (κ2) is 17.1. The fraction of sp³-hybridized carbons (Fsp3) is 0.455. The first kappa shape index (κ1) is 31.7. The van der Waals surface area contributed by atoms with Gasteiger partial charge < -0.3 is 25.2 Å². The van der Waals surface area contributed by atoms with Gasteiger partial charge in [0.25, 0.3) is 0 Å². The summed E-state index contributed by atoms with van der Waals surface area (Å²) in [6.07, 6.45) is 13.4. The number of hydrogen-bond acceptors (Lipinski definition) is 7. The van der Waals surface area contributed by atoms with Gasteiger partial charge in [-0.2, -0.15) is 5.26 Å². The van der Waals surface area contributed by atoms with Crippen LogP contribution in [-0.2, 0) is 16.0 Å². The Hall–Kier alpha value is -3.80. The molecule has 1 aromatic carbocycles. The van der Waals surface area contributed by atoms with E-state index < -0.39 is 6.04 Å². The molecule has 1 fully saturated rings. The van der Waals surface area contributed by atoms with Crippen LogP contribution in [0.3, 0.4) is 0 Å². The average molecular weight is 557 g/mol. The Kier molecular flexibility index (Phi) is 13.2. The molecule has 41 heavy (non-hydrogen) atoms. The Bertz CT molecular complexity index is 1190. The van der Waals surface area contributed by atoms with Gasteiger partial charge in [-0.25, -0.2) is 4.98 Å². The number of carbonyl (C=O) groups is 2. The van der Waals surface area contributed by atoms with Crippen LogP contribution in [0.4, 0.5) is 11.5 Å². The number of rotatable bonds is 11. The lowest BCUT2D eigenvalue weighted by Crippen LogP contribution is -2.43. The maximum absolute atomic E-state index is 13.2. The molecule has 1 unspecified atom stereocenters. The standard InChI is InChI=1S/C28H31N5O2.C5H13N/c29-18-22-8-6-21(7-9-22)12-15-30-27(24-4-2-1-3-5-24)28(35)32-26-11-10-25(19-31-26)33-16-13-23(20-34)14-17-33;1-4-6(3)5-2/h2,4-11,19-20,23,27,30H,1,3,12-17H2,(H,31,32,35);4-5H2,1-3H3.